The van der Waals surface area contributed by atoms with Gasteiger partial charge in [0.2, 0.25) is 10.0 Å². The number of halogens is 3. The summed E-state index contributed by atoms with van der Waals surface area (Å²) >= 11 is 0. The van der Waals surface area contributed by atoms with Gasteiger partial charge in [-0.2, -0.15) is 17.5 Å². The predicted molar refractivity (Wildman–Crippen MR) is 134 cm³/mol. The van der Waals surface area contributed by atoms with Crippen molar-refractivity contribution in [1.29, 1.82) is 0 Å². The number of hydrogen-bond donors (Lipinski definition) is 2. The van der Waals surface area contributed by atoms with Crippen LogP contribution in [0.4, 0.5) is 13.2 Å². The highest BCUT2D eigenvalue weighted by molar-refractivity contribution is 7.89. The minimum absolute atomic E-state index is 0.0745. The topological polar surface area (TPSA) is 82.8 Å². The molecule has 1 saturated carbocycles. The maximum absolute atomic E-state index is 13.9. The Morgan fingerprint density at radius 3 is 2.50 bits per heavy atom. The number of sulfonamides is 1. The highest BCUT2D eigenvalue weighted by atomic mass is 32.2. The van der Waals surface area contributed by atoms with E-state index in [0.29, 0.717) is 30.4 Å². The third-order valence-corrected chi connectivity index (χ3v) is 10.0. The Bertz CT molecular complexity index is 1510. The molecule has 6 rings (SSSR count). The summed E-state index contributed by atoms with van der Waals surface area (Å²) in [6.07, 6.45) is -0.975. The van der Waals surface area contributed by atoms with Crippen LogP contribution >= 0.6 is 0 Å². The van der Waals surface area contributed by atoms with Crippen LogP contribution in [0.1, 0.15) is 77.9 Å². The van der Waals surface area contributed by atoms with E-state index in [2.05, 4.69) is 0 Å². The summed E-state index contributed by atoms with van der Waals surface area (Å²) in [4.78, 5) is -0.260. The van der Waals surface area contributed by atoms with Crippen molar-refractivity contribution in [2.45, 2.75) is 68.3 Å². The lowest BCUT2D eigenvalue weighted by atomic mass is 9.99. The molecule has 3 aliphatic rings. The SMILES string of the molecule is C[C@H]1Cc2ccc(C(F)(F)F)cc2S(=O)(=O)N(C2CCc3c2cccc3-n2ccc(C(O)O)c2C2CC2)C1. The van der Waals surface area contributed by atoms with Crippen molar-refractivity contribution in [2.24, 2.45) is 5.92 Å². The quantitative estimate of drug-likeness (QED) is 0.440. The van der Waals surface area contributed by atoms with E-state index in [9.17, 15) is 31.8 Å². The molecule has 6 nitrogen and oxygen atoms in total. The molecule has 2 N–H and O–H groups in total. The van der Waals surface area contributed by atoms with Gasteiger partial charge < -0.3 is 14.8 Å². The molecule has 3 aromatic rings. The summed E-state index contributed by atoms with van der Waals surface area (Å²) in [5, 5.41) is 19.8. The lowest BCUT2D eigenvalue weighted by Crippen LogP contribution is -2.36. The molecule has 0 amide bonds. The van der Waals surface area contributed by atoms with Crippen LogP contribution in [0.2, 0.25) is 0 Å². The number of benzene rings is 2. The first-order valence-corrected chi connectivity index (χ1v) is 14.3. The Morgan fingerprint density at radius 1 is 1.05 bits per heavy atom. The predicted octanol–water partition coefficient (Wildman–Crippen LogP) is 5.23. The standard InChI is InChI=1S/C28H29F3N2O4S/c1-16-13-18-7-8-19(28(29,30)31)14-25(18)38(36,37)33(15-16)24-10-9-21-20(24)3-2-4-23(21)32-12-11-22(27(34)35)26(32)17-5-6-17/h2-4,7-8,11-12,14,16-17,24,27,34-35H,5-6,9-10,13,15H2,1H3/t16-,24?/m0/s1. The highest BCUT2D eigenvalue weighted by Gasteiger charge is 2.42. The Labute approximate surface area is 219 Å². The smallest absolute Gasteiger partial charge is 0.364 e. The second kappa shape index (κ2) is 8.94. The number of rotatable bonds is 4. The summed E-state index contributed by atoms with van der Waals surface area (Å²) in [5.41, 5.74) is 3.48. The monoisotopic (exact) mass is 546 g/mol. The maximum Gasteiger partial charge on any atom is 0.416 e. The van der Waals surface area contributed by atoms with Gasteiger partial charge in [0.25, 0.3) is 0 Å². The molecule has 1 unspecified atom stereocenters. The highest BCUT2D eigenvalue weighted by Crippen LogP contribution is 2.47. The van der Waals surface area contributed by atoms with Gasteiger partial charge in [0.15, 0.2) is 6.29 Å². The molecule has 10 heteroatoms. The van der Waals surface area contributed by atoms with E-state index in [1.54, 1.807) is 6.07 Å². The Kier molecular flexibility index (Phi) is 6.03. The van der Waals surface area contributed by atoms with Gasteiger partial charge in [-0.25, -0.2) is 8.42 Å². The summed E-state index contributed by atoms with van der Waals surface area (Å²) in [6, 6.07) is 9.96. The molecule has 2 aliphatic carbocycles. The van der Waals surface area contributed by atoms with Crippen molar-refractivity contribution in [3.63, 3.8) is 0 Å². The molecule has 38 heavy (non-hydrogen) atoms. The zero-order valence-electron chi connectivity index (χ0n) is 20.8. The van der Waals surface area contributed by atoms with Crippen LogP contribution < -0.4 is 0 Å². The Hall–Kier alpha value is -2.66. The number of aromatic nitrogens is 1. The first-order valence-electron chi connectivity index (χ1n) is 12.9. The fourth-order valence-corrected chi connectivity index (χ4v) is 8.24. The molecule has 1 fully saturated rings. The van der Waals surface area contributed by atoms with Crippen LogP contribution in [0.25, 0.3) is 5.69 Å². The van der Waals surface area contributed by atoms with Crippen molar-refractivity contribution in [2.75, 3.05) is 6.54 Å². The summed E-state index contributed by atoms with van der Waals surface area (Å²) in [6.45, 7) is 2.13. The molecule has 2 atom stereocenters. The van der Waals surface area contributed by atoms with Gasteiger partial charge in [0.05, 0.1) is 16.5 Å². The summed E-state index contributed by atoms with van der Waals surface area (Å²) < 4.78 is 71.7. The number of hydrogen-bond acceptors (Lipinski definition) is 4. The summed E-state index contributed by atoms with van der Waals surface area (Å²) in [5.74, 6) is 0.163. The van der Waals surface area contributed by atoms with Crippen molar-refractivity contribution in [3.8, 4) is 5.69 Å². The molecule has 1 aliphatic heterocycles. The Morgan fingerprint density at radius 2 is 1.82 bits per heavy atom. The molecule has 1 aromatic heterocycles. The molecular weight excluding hydrogens is 517 g/mol. The number of nitrogens with zero attached hydrogens (tertiary/aromatic N) is 2. The largest absolute Gasteiger partial charge is 0.416 e. The van der Waals surface area contributed by atoms with Gasteiger partial charge in [-0.05, 0) is 79.0 Å². The van der Waals surface area contributed by atoms with Crippen LogP contribution in [0.15, 0.2) is 53.6 Å². The van der Waals surface area contributed by atoms with Gasteiger partial charge >= 0.3 is 6.18 Å². The van der Waals surface area contributed by atoms with E-state index >= 15 is 0 Å². The van der Waals surface area contributed by atoms with E-state index in [-0.39, 0.29) is 23.3 Å². The molecule has 0 radical (unpaired) electrons. The van der Waals surface area contributed by atoms with Crippen LogP contribution in [-0.2, 0) is 29.0 Å². The number of aliphatic hydroxyl groups excluding tert-OH is 1. The van der Waals surface area contributed by atoms with E-state index in [1.165, 1.54) is 10.4 Å². The maximum atomic E-state index is 13.9. The number of alkyl halides is 3. The van der Waals surface area contributed by atoms with E-state index < -0.39 is 34.1 Å². The zero-order valence-corrected chi connectivity index (χ0v) is 21.6. The molecule has 2 heterocycles. The first kappa shape index (κ1) is 25.6. The lowest BCUT2D eigenvalue weighted by Gasteiger charge is -2.29. The Balaban J connectivity index is 1.44. The van der Waals surface area contributed by atoms with Crippen molar-refractivity contribution < 1.29 is 31.8 Å². The van der Waals surface area contributed by atoms with Gasteiger partial charge in [-0.15, -0.1) is 0 Å². The van der Waals surface area contributed by atoms with Gasteiger partial charge in [0.1, 0.15) is 0 Å². The molecule has 0 saturated heterocycles. The molecule has 2 aromatic carbocycles. The average Bonchev–Trinajstić information content (AvgIpc) is 3.46. The van der Waals surface area contributed by atoms with Crippen LogP contribution in [-0.4, -0.2) is 34.0 Å². The van der Waals surface area contributed by atoms with Crippen molar-refractivity contribution in [3.05, 3.63) is 82.2 Å². The number of aliphatic hydroxyl groups is 2. The minimum Gasteiger partial charge on any atom is -0.364 e. The molecule has 202 valence electrons. The molecular formula is C28H29F3N2O4S. The zero-order chi connectivity index (χ0) is 27.0. The number of fused-ring (bicyclic) bond motifs is 2. The minimum atomic E-state index is -4.64. The second-order valence-corrected chi connectivity index (χ2v) is 12.6. The normalized spacial score (nSPS) is 23.3. The van der Waals surface area contributed by atoms with E-state index in [0.717, 1.165) is 47.5 Å². The van der Waals surface area contributed by atoms with Gasteiger partial charge in [-0.1, -0.05) is 25.1 Å². The fraction of sp³-hybridized carbons (Fsp3) is 0.429. The van der Waals surface area contributed by atoms with Gasteiger partial charge in [0, 0.05) is 35.6 Å². The van der Waals surface area contributed by atoms with Crippen molar-refractivity contribution in [1.82, 2.24) is 8.87 Å². The van der Waals surface area contributed by atoms with E-state index in [1.807, 2.05) is 35.9 Å². The van der Waals surface area contributed by atoms with E-state index in [4.69, 9.17) is 0 Å². The summed E-state index contributed by atoms with van der Waals surface area (Å²) in [7, 11) is -4.20. The van der Waals surface area contributed by atoms with Crippen molar-refractivity contribution >= 4 is 10.0 Å². The van der Waals surface area contributed by atoms with Gasteiger partial charge in [-0.3, -0.25) is 0 Å². The fourth-order valence-electron chi connectivity index (χ4n) is 6.22. The molecule has 0 spiro atoms. The third kappa shape index (κ3) is 4.18. The third-order valence-electron chi connectivity index (χ3n) is 8.06. The van der Waals surface area contributed by atoms with Crippen LogP contribution in [0, 0.1) is 5.92 Å². The van der Waals surface area contributed by atoms with Crippen LogP contribution in [0.3, 0.4) is 0 Å². The lowest BCUT2D eigenvalue weighted by molar-refractivity contribution is -0.137. The average molecular weight is 547 g/mol. The molecule has 0 bridgehead atoms. The van der Waals surface area contributed by atoms with Crippen LogP contribution in [0.5, 0.6) is 0 Å². The first-order chi connectivity index (χ1) is 18.0. The second-order valence-electron chi connectivity index (χ2n) is 10.8.